The van der Waals surface area contributed by atoms with E-state index in [4.69, 9.17) is 4.74 Å². The van der Waals surface area contributed by atoms with Gasteiger partial charge in [0.05, 0.1) is 6.10 Å². The maximum Gasteiger partial charge on any atom is 0.119 e. The largest absolute Gasteiger partial charge is 0.490 e. The van der Waals surface area contributed by atoms with Crippen molar-refractivity contribution in [1.82, 2.24) is 4.72 Å². The fraction of sp³-hybridized carbons (Fsp3) is 0.524. The number of benzene rings is 1. The van der Waals surface area contributed by atoms with Gasteiger partial charge in [-0.05, 0) is 80.3 Å². The summed E-state index contributed by atoms with van der Waals surface area (Å²) in [4.78, 5) is 0. The summed E-state index contributed by atoms with van der Waals surface area (Å²) >= 11 is 1.76. The van der Waals surface area contributed by atoms with Crippen molar-refractivity contribution in [2.45, 2.75) is 57.3 Å². The number of allylic oxidation sites excluding steroid dienone is 2. The number of hydrogen-bond acceptors (Lipinski definition) is 4. The van der Waals surface area contributed by atoms with Gasteiger partial charge in [0.15, 0.2) is 0 Å². The van der Waals surface area contributed by atoms with E-state index in [1.807, 2.05) is 0 Å². The van der Waals surface area contributed by atoms with Crippen LogP contribution in [0.2, 0.25) is 0 Å². The fourth-order valence-corrected chi connectivity index (χ4v) is 3.70. The molecule has 2 N–H and O–H groups in total. The summed E-state index contributed by atoms with van der Waals surface area (Å²) in [5, 5.41) is 4.13. The van der Waals surface area contributed by atoms with Crippen molar-refractivity contribution in [3.63, 3.8) is 0 Å². The Morgan fingerprint density at radius 3 is 2.56 bits per heavy atom. The van der Waals surface area contributed by atoms with E-state index in [0.717, 1.165) is 24.4 Å². The molecule has 2 aliphatic rings. The molecule has 2 aliphatic carbocycles. The van der Waals surface area contributed by atoms with Crippen LogP contribution in [0.15, 0.2) is 48.2 Å². The van der Waals surface area contributed by atoms with Gasteiger partial charge < -0.3 is 14.8 Å². The Hall–Kier alpha value is -1.55. The number of ether oxygens (including phenoxy) is 1. The van der Waals surface area contributed by atoms with E-state index in [1.54, 1.807) is 11.9 Å². The molecule has 1 fully saturated rings. The third-order valence-electron chi connectivity index (χ3n) is 4.63. The molecule has 1 aromatic rings. The van der Waals surface area contributed by atoms with E-state index < -0.39 is 0 Å². The van der Waals surface area contributed by atoms with Crippen LogP contribution in [0.1, 0.15) is 46.0 Å². The molecule has 0 amide bonds. The average molecular weight is 359 g/mol. The standard InChI is InChI=1S/C21H30N2OS/c1-16(2)25-23-19-9-7-17(8-10-19)15-22-18-11-13-21(14-12-18)24-20-5-3-4-6-20/h7,9-14,16-17,20,22-23H,3-6,8,15H2,1-2H3/t17-/m1/s1. The second-order valence-electron chi connectivity index (χ2n) is 7.21. The van der Waals surface area contributed by atoms with Gasteiger partial charge in [0.25, 0.3) is 0 Å². The molecule has 0 aliphatic heterocycles. The minimum atomic E-state index is 0.426. The lowest BCUT2D eigenvalue weighted by Gasteiger charge is -2.19. The highest BCUT2D eigenvalue weighted by Gasteiger charge is 2.16. The predicted octanol–water partition coefficient (Wildman–Crippen LogP) is 5.53. The first-order chi connectivity index (χ1) is 12.2. The summed E-state index contributed by atoms with van der Waals surface area (Å²) in [5.41, 5.74) is 2.39. The zero-order chi connectivity index (χ0) is 17.5. The molecular formula is C21H30N2OS. The molecule has 0 bridgehead atoms. The zero-order valence-electron chi connectivity index (χ0n) is 15.3. The molecule has 25 heavy (non-hydrogen) atoms. The van der Waals surface area contributed by atoms with Gasteiger partial charge in [-0.25, -0.2) is 0 Å². The van der Waals surface area contributed by atoms with E-state index in [9.17, 15) is 0 Å². The van der Waals surface area contributed by atoms with Gasteiger partial charge in [-0.1, -0.05) is 26.0 Å². The fourth-order valence-electron chi connectivity index (χ4n) is 3.18. The Balaban J connectivity index is 1.39. The third-order valence-corrected chi connectivity index (χ3v) is 5.45. The topological polar surface area (TPSA) is 33.3 Å². The highest BCUT2D eigenvalue weighted by molar-refractivity contribution is 7.98. The molecule has 3 nitrogen and oxygen atoms in total. The van der Waals surface area contributed by atoms with E-state index in [0.29, 0.717) is 17.3 Å². The monoisotopic (exact) mass is 358 g/mol. The van der Waals surface area contributed by atoms with Gasteiger partial charge in [-0.3, -0.25) is 0 Å². The van der Waals surface area contributed by atoms with Crippen LogP contribution in [0.5, 0.6) is 5.75 Å². The Morgan fingerprint density at radius 2 is 1.92 bits per heavy atom. The van der Waals surface area contributed by atoms with Gasteiger partial charge in [0.1, 0.15) is 5.75 Å². The molecule has 3 rings (SSSR count). The van der Waals surface area contributed by atoms with Crippen LogP contribution >= 0.6 is 11.9 Å². The molecule has 136 valence electrons. The SMILES string of the molecule is CC(C)SNC1=CC[C@H](CNc2ccc(OC3CCCC3)cc2)C=C1. The molecule has 0 spiro atoms. The number of hydrogen-bond donors (Lipinski definition) is 2. The minimum Gasteiger partial charge on any atom is -0.490 e. The smallest absolute Gasteiger partial charge is 0.119 e. The number of anilines is 1. The molecule has 1 saturated carbocycles. The Kier molecular flexibility index (Phi) is 6.74. The van der Waals surface area contributed by atoms with Crippen LogP contribution in [0, 0.1) is 5.92 Å². The summed E-state index contributed by atoms with van der Waals surface area (Å²) < 4.78 is 9.43. The Bertz CT molecular complexity index is 588. The first kappa shape index (κ1) is 18.2. The molecule has 1 atom stereocenters. The normalized spacial score (nSPS) is 20.6. The van der Waals surface area contributed by atoms with E-state index in [1.165, 1.54) is 31.4 Å². The van der Waals surface area contributed by atoms with Crippen LogP contribution in [0.4, 0.5) is 5.69 Å². The number of rotatable bonds is 8. The van der Waals surface area contributed by atoms with Crippen LogP contribution < -0.4 is 14.8 Å². The average Bonchev–Trinajstić information content (AvgIpc) is 3.13. The summed E-state index contributed by atoms with van der Waals surface area (Å²) in [7, 11) is 0. The zero-order valence-corrected chi connectivity index (χ0v) is 16.1. The first-order valence-electron chi connectivity index (χ1n) is 9.49. The lowest BCUT2D eigenvalue weighted by atomic mass is 9.99. The van der Waals surface area contributed by atoms with Crippen molar-refractivity contribution in [3.05, 3.63) is 48.2 Å². The van der Waals surface area contributed by atoms with Crippen LogP contribution in [-0.2, 0) is 0 Å². The van der Waals surface area contributed by atoms with E-state index >= 15 is 0 Å². The first-order valence-corrected chi connectivity index (χ1v) is 10.4. The maximum atomic E-state index is 6.02. The van der Waals surface area contributed by atoms with Gasteiger partial charge >= 0.3 is 0 Å². The molecule has 0 aromatic heterocycles. The van der Waals surface area contributed by atoms with Gasteiger partial charge in [-0.15, -0.1) is 0 Å². The van der Waals surface area contributed by atoms with Gasteiger partial charge in [0, 0.05) is 23.2 Å². The van der Waals surface area contributed by atoms with Crippen molar-refractivity contribution in [3.8, 4) is 5.75 Å². The van der Waals surface area contributed by atoms with Crippen LogP contribution in [-0.4, -0.2) is 17.9 Å². The molecule has 0 unspecified atom stereocenters. The van der Waals surface area contributed by atoms with Crippen molar-refractivity contribution in [2.75, 3.05) is 11.9 Å². The van der Waals surface area contributed by atoms with Crippen molar-refractivity contribution in [2.24, 2.45) is 5.92 Å². The minimum absolute atomic E-state index is 0.426. The lowest BCUT2D eigenvalue weighted by molar-refractivity contribution is 0.210. The number of nitrogens with one attached hydrogen (secondary N) is 2. The molecule has 0 radical (unpaired) electrons. The van der Waals surface area contributed by atoms with Gasteiger partial charge in [0.2, 0.25) is 0 Å². The second kappa shape index (κ2) is 9.23. The van der Waals surface area contributed by atoms with Crippen molar-refractivity contribution < 1.29 is 4.74 Å². The quantitative estimate of drug-likeness (QED) is 0.599. The Labute approximate surface area is 156 Å². The molecule has 1 aromatic carbocycles. The molecule has 0 heterocycles. The van der Waals surface area contributed by atoms with Gasteiger partial charge in [-0.2, -0.15) is 0 Å². The molecular weight excluding hydrogens is 328 g/mol. The van der Waals surface area contributed by atoms with E-state index in [2.05, 4.69) is 66.4 Å². The van der Waals surface area contributed by atoms with Crippen LogP contribution in [0.25, 0.3) is 0 Å². The predicted molar refractivity (Wildman–Crippen MR) is 109 cm³/mol. The summed E-state index contributed by atoms with van der Waals surface area (Å²) in [6.45, 7) is 5.35. The molecule has 4 heteroatoms. The molecule has 0 saturated heterocycles. The highest BCUT2D eigenvalue weighted by Crippen LogP contribution is 2.25. The van der Waals surface area contributed by atoms with Crippen molar-refractivity contribution >= 4 is 17.6 Å². The summed E-state index contributed by atoms with van der Waals surface area (Å²) in [6.07, 6.45) is 13.3. The lowest BCUT2D eigenvalue weighted by Crippen LogP contribution is -2.16. The summed E-state index contributed by atoms with van der Waals surface area (Å²) in [5.74, 6) is 1.54. The highest BCUT2D eigenvalue weighted by atomic mass is 32.2. The van der Waals surface area contributed by atoms with E-state index in [-0.39, 0.29) is 0 Å². The van der Waals surface area contributed by atoms with Crippen LogP contribution in [0.3, 0.4) is 0 Å². The maximum absolute atomic E-state index is 6.02. The second-order valence-corrected chi connectivity index (χ2v) is 8.60. The Morgan fingerprint density at radius 1 is 1.16 bits per heavy atom. The summed E-state index contributed by atoms with van der Waals surface area (Å²) in [6, 6.07) is 8.42. The third kappa shape index (κ3) is 6.03. The van der Waals surface area contributed by atoms with Crippen molar-refractivity contribution in [1.29, 1.82) is 0 Å².